The molecule has 4 nitrogen and oxygen atoms in total. The van der Waals surface area contributed by atoms with E-state index < -0.39 is 0 Å². The zero-order chi connectivity index (χ0) is 23.4. The molecule has 0 heterocycles. The maximum atomic E-state index is 13.4. The maximum absolute atomic E-state index is 13.4. The first kappa shape index (κ1) is 22.7. The molecule has 33 heavy (non-hydrogen) atoms. The third-order valence-corrected chi connectivity index (χ3v) is 10.6. The lowest BCUT2D eigenvalue weighted by Crippen LogP contribution is -2.56. The molecule has 1 aromatic carbocycles. The Hall–Kier alpha value is -2.10. The molecule has 0 aliphatic heterocycles. The standard InChI is InChI=1S/C29H39NO3/c1-19(31)33-22-12-15-27(2)20(18-22)10-11-24-23(27)13-16-29(4)25(14-17-28(24,29)3)26(32)30-21-8-6-5-7-9-21/h5-10,22-25H,11-18H2,1-4H3,(H,30,32)/t22-,23-,24+,25+,27+,28-,29+/m1/s1. The molecule has 178 valence electrons. The van der Waals surface area contributed by atoms with Crippen LogP contribution in [0.25, 0.3) is 0 Å². The SMILES string of the molecule is CC(=O)O[C@@H]1CC[C@@]2(C)C(=CC[C@H]3[C@H]2CC[C@@]2(C)[C@H](C(=O)Nc4ccccc4)CC[C@]32C)C1. The number of hydrogen-bond acceptors (Lipinski definition) is 3. The van der Waals surface area contributed by atoms with Crippen molar-refractivity contribution in [2.24, 2.45) is 34.0 Å². The van der Waals surface area contributed by atoms with Crippen LogP contribution in [0.4, 0.5) is 5.69 Å². The van der Waals surface area contributed by atoms with E-state index >= 15 is 0 Å². The van der Waals surface area contributed by atoms with Crippen molar-refractivity contribution in [3.05, 3.63) is 42.0 Å². The molecule has 3 saturated carbocycles. The minimum atomic E-state index is -0.162. The Morgan fingerprint density at radius 1 is 0.939 bits per heavy atom. The summed E-state index contributed by atoms with van der Waals surface area (Å²) in [5.74, 6) is 1.38. The van der Waals surface area contributed by atoms with Crippen molar-refractivity contribution in [3.8, 4) is 0 Å². The van der Waals surface area contributed by atoms with Crippen LogP contribution in [0, 0.1) is 34.0 Å². The van der Waals surface area contributed by atoms with E-state index in [1.165, 1.54) is 18.9 Å². The summed E-state index contributed by atoms with van der Waals surface area (Å²) in [4.78, 5) is 24.9. The van der Waals surface area contributed by atoms with E-state index in [2.05, 4.69) is 32.2 Å². The number of allylic oxidation sites excluding steroid dienone is 1. The van der Waals surface area contributed by atoms with E-state index in [0.29, 0.717) is 11.8 Å². The number of carbonyl (C=O) groups excluding carboxylic acids is 2. The number of fused-ring (bicyclic) bond motifs is 5. The van der Waals surface area contributed by atoms with Crippen molar-refractivity contribution in [2.45, 2.75) is 85.2 Å². The van der Waals surface area contributed by atoms with E-state index in [9.17, 15) is 9.59 Å². The number of benzene rings is 1. The number of hydrogen-bond donors (Lipinski definition) is 1. The predicted octanol–water partition coefficient (Wildman–Crippen LogP) is 6.53. The summed E-state index contributed by atoms with van der Waals surface area (Å²) in [6.07, 6.45) is 11.0. The highest BCUT2D eigenvalue weighted by Crippen LogP contribution is 2.71. The van der Waals surface area contributed by atoms with Gasteiger partial charge in [-0.05, 0) is 85.2 Å². The third-order valence-electron chi connectivity index (χ3n) is 10.6. The number of rotatable bonds is 3. The van der Waals surface area contributed by atoms with Crippen LogP contribution in [0.3, 0.4) is 0 Å². The lowest BCUT2D eigenvalue weighted by molar-refractivity contribution is -0.150. The number of ether oxygens (including phenoxy) is 1. The third kappa shape index (κ3) is 3.47. The monoisotopic (exact) mass is 449 g/mol. The number of nitrogens with one attached hydrogen (secondary N) is 1. The number of carbonyl (C=O) groups is 2. The maximum Gasteiger partial charge on any atom is 0.302 e. The van der Waals surface area contributed by atoms with Crippen molar-refractivity contribution in [3.63, 3.8) is 0 Å². The van der Waals surface area contributed by atoms with Gasteiger partial charge in [0.15, 0.2) is 0 Å². The molecule has 0 saturated heterocycles. The van der Waals surface area contributed by atoms with Crippen LogP contribution in [0.15, 0.2) is 42.0 Å². The largest absolute Gasteiger partial charge is 0.462 e. The van der Waals surface area contributed by atoms with Crippen LogP contribution in [0.1, 0.15) is 79.1 Å². The van der Waals surface area contributed by atoms with Crippen molar-refractivity contribution < 1.29 is 14.3 Å². The molecular weight excluding hydrogens is 410 g/mol. The van der Waals surface area contributed by atoms with Crippen molar-refractivity contribution in [1.82, 2.24) is 0 Å². The average Bonchev–Trinajstić information content (AvgIpc) is 3.06. The van der Waals surface area contributed by atoms with Crippen LogP contribution >= 0.6 is 0 Å². The van der Waals surface area contributed by atoms with E-state index in [-0.39, 0.29) is 40.1 Å². The Balaban J connectivity index is 1.38. The molecule has 5 rings (SSSR count). The molecule has 0 spiro atoms. The smallest absolute Gasteiger partial charge is 0.302 e. The van der Waals surface area contributed by atoms with Crippen LogP contribution in [-0.4, -0.2) is 18.0 Å². The first-order valence-electron chi connectivity index (χ1n) is 12.9. The molecule has 4 aliphatic rings. The first-order valence-corrected chi connectivity index (χ1v) is 12.9. The van der Waals surface area contributed by atoms with Gasteiger partial charge in [-0.3, -0.25) is 9.59 Å². The van der Waals surface area contributed by atoms with Crippen molar-refractivity contribution >= 4 is 17.6 Å². The van der Waals surface area contributed by atoms with E-state index in [0.717, 1.165) is 50.6 Å². The predicted molar refractivity (Wildman–Crippen MR) is 130 cm³/mol. The molecule has 1 amide bonds. The summed E-state index contributed by atoms with van der Waals surface area (Å²) < 4.78 is 5.59. The fourth-order valence-electron chi connectivity index (χ4n) is 8.52. The highest BCUT2D eigenvalue weighted by molar-refractivity contribution is 5.93. The molecule has 7 atom stereocenters. The van der Waals surface area contributed by atoms with Gasteiger partial charge in [-0.25, -0.2) is 0 Å². The Labute approximate surface area is 198 Å². The summed E-state index contributed by atoms with van der Waals surface area (Å²) in [5.41, 5.74) is 2.82. The number of para-hydroxylation sites is 1. The summed E-state index contributed by atoms with van der Waals surface area (Å²) in [5, 5.41) is 3.21. The molecule has 3 fully saturated rings. The van der Waals surface area contributed by atoms with Gasteiger partial charge in [0, 0.05) is 24.9 Å². The normalized spacial score (nSPS) is 41.8. The van der Waals surface area contributed by atoms with E-state index in [1.807, 2.05) is 30.3 Å². The molecule has 0 aromatic heterocycles. The summed E-state index contributed by atoms with van der Waals surface area (Å²) >= 11 is 0. The average molecular weight is 450 g/mol. The van der Waals surface area contributed by atoms with E-state index in [1.54, 1.807) is 0 Å². The van der Waals surface area contributed by atoms with Gasteiger partial charge >= 0.3 is 5.97 Å². The summed E-state index contributed by atoms with van der Waals surface area (Å²) in [6.45, 7) is 8.89. The molecule has 1 N–H and O–H groups in total. The molecule has 0 bridgehead atoms. The quantitative estimate of drug-likeness (QED) is 0.422. The van der Waals surface area contributed by atoms with Crippen molar-refractivity contribution in [1.29, 1.82) is 0 Å². The summed E-state index contributed by atoms with van der Waals surface area (Å²) in [6, 6.07) is 9.89. The van der Waals surface area contributed by atoms with Crippen molar-refractivity contribution in [2.75, 3.05) is 5.32 Å². The van der Waals surface area contributed by atoms with Crippen LogP contribution in [0.5, 0.6) is 0 Å². The lowest BCUT2D eigenvalue weighted by Gasteiger charge is -2.62. The molecule has 4 aliphatic carbocycles. The zero-order valence-corrected chi connectivity index (χ0v) is 20.7. The van der Waals surface area contributed by atoms with Gasteiger partial charge in [-0.2, -0.15) is 0 Å². The van der Waals surface area contributed by atoms with Gasteiger partial charge in [0.05, 0.1) is 0 Å². The van der Waals surface area contributed by atoms with Gasteiger partial charge in [0.1, 0.15) is 6.10 Å². The van der Waals surface area contributed by atoms with Crippen LogP contribution < -0.4 is 5.32 Å². The molecule has 4 heteroatoms. The zero-order valence-electron chi connectivity index (χ0n) is 20.7. The Bertz CT molecular complexity index is 970. The fraction of sp³-hybridized carbons (Fsp3) is 0.655. The lowest BCUT2D eigenvalue weighted by atomic mass is 9.42. The highest BCUT2D eigenvalue weighted by Gasteiger charge is 2.65. The number of anilines is 1. The second-order valence-electron chi connectivity index (χ2n) is 11.9. The van der Waals surface area contributed by atoms with Crippen LogP contribution in [0.2, 0.25) is 0 Å². The minimum absolute atomic E-state index is 0.0314. The topological polar surface area (TPSA) is 55.4 Å². The Kier molecular flexibility index (Phi) is 5.49. The highest BCUT2D eigenvalue weighted by atomic mass is 16.5. The summed E-state index contributed by atoms with van der Waals surface area (Å²) in [7, 11) is 0. The van der Waals surface area contributed by atoms with Gasteiger partial charge < -0.3 is 10.1 Å². The second-order valence-corrected chi connectivity index (χ2v) is 11.9. The first-order chi connectivity index (χ1) is 15.7. The Morgan fingerprint density at radius 3 is 2.39 bits per heavy atom. The minimum Gasteiger partial charge on any atom is -0.462 e. The van der Waals surface area contributed by atoms with Gasteiger partial charge in [0.2, 0.25) is 5.91 Å². The van der Waals surface area contributed by atoms with Gasteiger partial charge in [-0.15, -0.1) is 0 Å². The molecular formula is C29H39NO3. The van der Waals surface area contributed by atoms with E-state index in [4.69, 9.17) is 4.74 Å². The van der Waals surface area contributed by atoms with Crippen LogP contribution in [-0.2, 0) is 14.3 Å². The molecule has 0 unspecified atom stereocenters. The number of amides is 1. The van der Waals surface area contributed by atoms with Gasteiger partial charge in [-0.1, -0.05) is 50.6 Å². The van der Waals surface area contributed by atoms with Gasteiger partial charge in [0.25, 0.3) is 0 Å². The molecule has 1 aromatic rings. The molecule has 0 radical (unpaired) electrons. The Morgan fingerprint density at radius 2 is 1.67 bits per heavy atom. The fourth-order valence-corrected chi connectivity index (χ4v) is 8.52. The number of esters is 1. The second kappa shape index (κ2) is 7.99.